The summed E-state index contributed by atoms with van der Waals surface area (Å²) in [5, 5.41) is 13.3. The zero-order valence-electron chi connectivity index (χ0n) is 17.5. The Hall–Kier alpha value is -4.11. The van der Waals surface area contributed by atoms with Crippen molar-refractivity contribution in [2.45, 2.75) is 6.92 Å². The van der Waals surface area contributed by atoms with Crippen molar-refractivity contribution in [1.82, 2.24) is 9.97 Å². The van der Waals surface area contributed by atoms with Crippen molar-refractivity contribution in [3.05, 3.63) is 71.1 Å². The van der Waals surface area contributed by atoms with Gasteiger partial charge < -0.3 is 29.6 Å². The van der Waals surface area contributed by atoms with Crippen molar-refractivity contribution in [3.63, 3.8) is 0 Å². The van der Waals surface area contributed by atoms with E-state index >= 15 is 0 Å². The van der Waals surface area contributed by atoms with E-state index in [9.17, 15) is 14.7 Å². The second kappa shape index (κ2) is 8.94. The lowest BCUT2D eigenvalue weighted by Crippen LogP contribution is -2.13. The average molecular weight is 435 g/mol. The Morgan fingerprint density at radius 1 is 1.31 bits per heavy atom. The Balaban J connectivity index is 1.65. The van der Waals surface area contributed by atoms with Crippen LogP contribution < -0.4 is 10.1 Å². The second-order valence-electron chi connectivity index (χ2n) is 7.06. The Morgan fingerprint density at radius 3 is 2.94 bits per heavy atom. The number of aryl methyl sites for hydroxylation is 1. The molecule has 4 rings (SSSR count). The number of carbonyl (C=O) groups excluding carboxylic acids is 1. The van der Waals surface area contributed by atoms with Crippen LogP contribution in [0.4, 0.5) is 5.69 Å². The van der Waals surface area contributed by atoms with Gasteiger partial charge in [0, 0.05) is 30.5 Å². The number of carboxylic acids is 1. The minimum Gasteiger partial charge on any atom is -0.489 e. The van der Waals surface area contributed by atoms with Gasteiger partial charge in [-0.3, -0.25) is 4.79 Å². The lowest BCUT2D eigenvalue weighted by atomic mass is 10.1. The molecule has 1 aliphatic heterocycles. The van der Waals surface area contributed by atoms with Crippen LogP contribution in [0.2, 0.25) is 0 Å². The van der Waals surface area contributed by atoms with Crippen molar-refractivity contribution in [1.29, 1.82) is 0 Å². The minimum atomic E-state index is -1.39. The monoisotopic (exact) mass is 435 g/mol. The fourth-order valence-electron chi connectivity index (χ4n) is 3.26. The molecule has 0 atom stereocenters. The molecule has 3 heterocycles. The maximum Gasteiger partial charge on any atom is 0.345 e. The zero-order valence-corrected chi connectivity index (χ0v) is 17.5. The predicted octanol–water partition coefficient (Wildman–Crippen LogP) is 3.25. The van der Waals surface area contributed by atoms with Crippen LogP contribution in [0.5, 0.6) is 5.75 Å². The van der Waals surface area contributed by atoms with Crippen LogP contribution in [0.25, 0.3) is 17.1 Å². The highest BCUT2D eigenvalue weighted by Gasteiger charge is 2.36. The first kappa shape index (κ1) is 21.1. The molecule has 1 aliphatic rings. The molecular weight excluding hydrogens is 414 g/mol. The highest BCUT2D eigenvalue weighted by Crippen LogP contribution is 2.33. The smallest absolute Gasteiger partial charge is 0.345 e. The highest BCUT2D eigenvalue weighted by atomic mass is 16.5. The average Bonchev–Trinajstić information content (AvgIpc) is 3.31. The number of methoxy groups -OCH3 is 1. The number of anilines is 1. The third kappa shape index (κ3) is 4.19. The van der Waals surface area contributed by atoms with E-state index in [4.69, 9.17) is 14.2 Å². The third-order valence-corrected chi connectivity index (χ3v) is 4.80. The zero-order chi connectivity index (χ0) is 22.7. The van der Waals surface area contributed by atoms with E-state index in [0.717, 1.165) is 10.9 Å². The largest absolute Gasteiger partial charge is 0.489 e. The van der Waals surface area contributed by atoms with Crippen LogP contribution in [-0.2, 0) is 19.1 Å². The van der Waals surface area contributed by atoms with Gasteiger partial charge >= 0.3 is 5.97 Å². The number of ketones is 1. The van der Waals surface area contributed by atoms with Crippen molar-refractivity contribution in [3.8, 4) is 5.75 Å². The number of hydrogen-bond donors (Lipinski definition) is 3. The molecule has 0 bridgehead atoms. The van der Waals surface area contributed by atoms with Gasteiger partial charge in [-0.15, -0.1) is 0 Å². The Kier molecular flexibility index (Phi) is 5.91. The molecule has 3 N–H and O–H groups in total. The van der Waals surface area contributed by atoms with E-state index in [1.807, 2.05) is 19.1 Å². The van der Waals surface area contributed by atoms with Gasteiger partial charge in [-0.1, -0.05) is 6.07 Å². The number of aromatic amines is 1. The molecule has 0 saturated heterocycles. The summed E-state index contributed by atoms with van der Waals surface area (Å²) >= 11 is 0. The molecule has 0 fully saturated rings. The summed E-state index contributed by atoms with van der Waals surface area (Å²) in [5.41, 5.74) is 2.23. The summed E-state index contributed by atoms with van der Waals surface area (Å²) in [4.78, 5) is 31.9. The molecule has 0 saturated carbocycles. The first-order valence-corrected chi connectivity index (χ1v) is 9.81. The lowest BCUT2D eigenvalue weighted by Gasteiger charge is -2.14. The number of nitrogens with one attached hydrogen (secondary N) is 2. The van der Waals surface area contributed by atoms with Gasteiger partial charge in [-0.05, 0) is 42.8 Å². The highest BCUT2D eigenvalue weighted by molar-refractivity contribution is 6.26. The molecule has 2 aromatic heterocycles. The molecule has 32 heavy (non-hydrogen) atoms. The van der Waals surface area contributed by atoms with Gasteiger partial charge in [0.15, 0.2) is 11.3 Å². The Labute approximate surface area is 183 Å². The van der Waals surface area contributed by atoms with Crippen molar-refractivity contribution in [2.75, 3.05) is 25.6 Å². The number of carbonyl (C=O) groups is 2. The Morgan fingerprint density at radius 2 is 2.16 bits per heavy atom. The predicted molar refractivity (Wildman–Crippen MR) is 117 cm³/mol. The normalized spacial score (nSPS) is 14.8. The number of aromatic nitrogens is 2. The number of fused-ring (bicyclic) bond motifs is 1. The van der Waals surface area contributed by atoms with Crippen molar-refractivity contribution >= 4 is 34.5 Å². The number of hydrogen-bond acceptors (Lipinski definition) is 7. The van der Waals surface area contributed by atoms with Gasteiger partial charge in [0.05, 0.1) is 12.3 Å². The first-order chi connectivity index (χ1) is 15.5. The van der Waals surface area contributed by atoms with Crippen LogP contribution in [0.3, 0.4) is 0 Å². The van der Waals surface area contributed by atoms with E-state index in [-0.39, 0.29) is 11.6 Å². The molecule has 0 amide bonds. The van der Waals surface area contributed by atoms with Crippen molar-refractivity contribution in [2.24, 2.45) is 0 Å². The lowest BCUT2D eigenvalue weighted by molar-refractivity contribution is -0.134. The number of aliphatic carboxylic acids is 1. The molecule has 3 aromatic rings. The van der Waals surface area contributed by atoms with E-state index in [0.29, 0.717) is 35.9 Å². The summed E-state index contributed by atoms with van der Waals surface area (Å²) in [6, 6.07) is 8.96. The quantitative estimate of drug-likeness (QED) is 0.280. The van der Waals surface area contributed by atoms with Crippen LogP contribution in [0.1, 0.15) is 11.1 Å². The number of allylic oxidation sites excluding steroid dienone is 1. The first-order valence-electron chi connectivity index (χ1n) is 9.81. The number of nitrogens with zero attached hydrogens (tertiary/aromatic N) is 1. The molecule has 1 aromatic carbocycles. The van der Waals surface area contributed by atoms with Crippen molar-refractivity contribution < 1.29 is 28.9 Å². The number of rotatable bonds is 8. The summed E-state index contributed by atoms with van der Waals surface area (Å²) in [6.45, 7) is 2.60. The Bertz CT molecular complexity index is 1260. The summed E-state index contributed by atoms with van der Waals surface area (Å²) in [5.74, 6) is -1.92. The molecular formula is C23H21N3O6. The van der Waals surface area contributed by atoms with Crippen LogP contribution >= 0.6 is 0 Å². The van der Waals surface area contributed by atoms with Crippen LogP contribution in [0.15, 0.2) is 59.9 Å². The van der Waals surface area contributed by atoms with Gasteiger partial charge in [0.1, 0.15) is 18.0 Å². The van der Waals surface area contributed by atoms with Gasteiger partial charge in [0.2, 0.25) is 11.7 Å². The SMILES string of the molecule is COCCOc1cc(C)ccc1NC1=C(C(=O)O)C(=O)C(=Cc2c[nH]c3ncccc23)O1. The number of Topliss-reactive ketones (excluding diaryl/α,β-unsaturated/α-hetero) is 1. The fourth-order valence-corrected chi connectivity index (χ4v) is 3.26. The van der Waals surface area contributed by atoms with E-state index in [1.165, 1.54) is 6.08 Å². The fraction of sp³-hybridized carbons (Fsp3) is 0.174. The molecule has 0 aliphatic carbocycles. The molecule has 9 nitrogen and oxygen atoms in total. The van der Waals surface area contributed by atoms with Gasteiger partial charge in [0.25, 0.3) is 0 Å². The standard InChI is InChI=1S/C23H21N3O6/c1-13-5-6-16(17(10-13)31-9-8-30-2)26-22-19(23(28)29)20(27)18(32-22)11-14-12-25-21-15(14)4-3-7-24-21/h3-7,10-12,26H,8-9H2,1-2H3,(H,24,25)(H,28,29). The number of pyridine rings is 1. The van der Waals surface area contributed by atoms with E-state index < -0.39 is 17.3 Å². The maximum atomic E-state index is 12.8. The van der Waals surface area contributed by atoms with E-state index in [2.05, 4.69) is 15.3 Å². The van der Waals surface area contributed by atoms with Gasteiger partial charge in [-0.25, -0.2) is 9.78 Å². The number of benzene rings is 1. The maximum absolute atomic E-state index is 12.8. The van der Waals surface area contributed by atoms with Crippen LogP contribution in [-0.4, -0.2) is 47.2 Å². The summed E-state index contributed by atoms with van der Waals surface area (Å²) < 4.78 is 16.4. The molecule has 9 heteroatoms. The number of ether oxygens (including phenoxy) is 3. The molecule has 164 valence electrons. The molecule has 0 spiro atoms. The summed E-state index contributed by atoms with van der Waals surface area (Å²) in [6.07, 6.45) is 4.81. The van der Waals surface area contributed by atoms with Crippen LogP contribution in [0, 0.1) is 6.92 Å². The third-order valence-electron chi connectivity index (χ3n) is 4.80. The topological polar surface area (TPSA) is 123 Å². The number of H-pyrrole nitrogens is 1. The molecule has 0 radical (unpaired) electrons. The number of carboxylic acid groups (broad SMARTS) is 1. The molecule has 0 unspecified atom stereocenters. The minimum absolute atomic E-state index is 0.108. The summed E-state index contributed by atoms with van der Waals surface area (Å²) in [7, 11) is 1.57. The second-order valence-corrected chi connectivity index (χ2v) is 7.06. The van der Waals surface area contributed by atoms with Gasteiger partial charge in [-0.2, -0.15) is 0 Å². The van der Waals surface area contributed by atoms with E-state index in [1.54, 1.807) is 37.7 Å².